The van der Waals surface area contributed by atoms with Crippen LogP contribution >= 0.6 is 11.6 Å². The fourth-order valence-corrected chi connectivity index (χ4v) is 2.10. The Balaban J connectivity index is 1.86. The van der Waals surface area contributed by atoms with E-state index >= 15 is 0 Å². The third kappa shape index (κ3) is 2.87. The monoisotopic (exact) mass is 304 g/mol. The van der Waals surface area contributed by atoms with Crippen molar-refractivity contribution in [2.45, 2.75) is 6.54 Å². The van der Waals surface area contributed by atoms with E-state index in [0.29, 0.717) is 29.8 Å². The molecule has 0 saturated heterocycles. The van der Waals surface area contributed by atoms with Crippen molar-refractivity contribution in [1.29, 1.82) is 0 Å². The van der Waals surface area contributed by atoms with E-state index in [-0.39, 0.29) is 0 Å². The van der Waals surface area contributed by atoms with Gasteiger partial charge in [-0.15, -0.1) is 0 Å². The summed E-state index contributed by atoms with van der Waals surface area (Å²) in [6.45, 7) is 1.09. The van der Waals surface area contributed by atoms with Gasteiger partial charge in [-0.3, -0.25) is 9.98 Å². The second kappa shape index (κ2) is 5.92. The van der Waals surface area contributed by atoms with Crippen LogP contribution in [0.5, 0.6) is 5.88 Å². The third-order valence-electron chi connectivity index (χ3n) is 2.93. The molecule has 0 unspecified atom stereocenters. The smallest absolute Gasteiger partial charge is 0.233 e. The van der Waals surface area contributed by atoms with Gasteiger partial charge in [0.15, 0.2) is 16.8 Å². The average molecular weight is 305 g/mol. The largest absolute Gasteiger partial charge is 0.480 e. The SMILES string of the molecule is COc1cnc(Cn2ccnc2C2=NCC=CN2)c(Cl)n1. The molecule has 1 aliphatic heterocycles. The molecule has 0 saturated carbocycles. The van der Waals surface area contributed by atoms with Crippen LogP contribution in [0.2, 0.25) is 5.15 Å². The minimum atomic E-state index is 0.312. The second-order valence-electron chi connectivity index (χ2n) is 4.26. The number of methoxy groups -OCH3 is 1. The molecular formula is C13H13ClN6O. The van der Waals surface area contributed by atoms with E-state index in [1.807, 2.05) is 23.0 Å². The third-order valence-corrected chi connectivity index (χ3v) is 3.23. The van der Waals surface area contributed by atoms with Gasteiger partial charge in [0, 0.05) is 18.6 Å². The molecule has 3 rings (SSSR count). The highest BCUT2D eigenvalue weighted by molar-refractivity contribution is 6.30. The summed E-state index contributed by atoms with van der Waals surface area (Å²) in [5, 5.41) is 3.39. The summed E-state index contributed by atoms with van der Waals surface area (Å²) < 4.78 is 6.90. The Kier molecular flexibility index (Phi) is 3.83. The molecule has 0 amide bonds. The molecule has 108 valence electrons. The van der Waals surface area contributed by atoms with Gasteiger partial charge >= 0.3 is 0 Å². The lowest BCUT2D eigenvalue weighted by Gasteiger charge is -2.12. The summed E-state index contributed by atoms with van der Waals surface area (Å²) in [6, 6.07) is 0. The predicted molar refractivity (Wildman–Crippen MR) is 78.6 cm³/mol. The number of hydrogen-bond acceptors (Lipinski definition) is 6. The number of hydrogen-bond donors (Lipinski definition) is 1. The highest BCUT2D eigenvalue weighted by Gasteiger charge is 2.14. The first-order valence-electron chi connectivity index (χ1n) is 6.31. The van der Waals surface area contributed by atoms with Gasteiger partial charge in [0.2, 0.25) is 5.88 Å². The molecule has 0 radical (unpaired) electrons. The highest BCUT2D eigenvalue weighted by Crippen LogP contribution is 2.16. The Bertz CT molecular complexity index is 708. The summed E-state index contributed by atoms with van der Waals surface area (Å²) in [5.41, 5.74) is 0.642. The molecule has 0 spiro atoms. The number of ether oxygens (including phenoxy) is 1. The lowest BCUT2D eigenvalue weighted by molar-refractivity contribution is 0.395. The van der Waals surface area contributed by atoms with Gasteiger partial charge in [0.05, 0.1) is 32.1 Å². The molecule has 0 aliphatic carbocycles. The molecule has 0 atom stereocenters. The normalized spacial score (nSPS) is 13.7. The molecule has 21 heavy (non-hydrogen) atoms. The van der Waals surface area contributed by atoms with E-state index in [0.717, 1.165) is 11.7 Å². The van der Waals surface area contributed by atoms with Crippen LogP contribution in [0.15, 0.2) is 35.9 Å². The van der Waals surface area contributed by atoms with Gasteiger partial charge in [-0.25, -0.2) is 4.98 Å². The van der Waals surface area contributed by atoms with Crippen molar-refractivity contribution in [2.75, 3.05) is 13.7 Å². The van der Waals surface area contributed by atoms with Crippen LogP contribution in [0.1, 0.15) is 11.5 Å². The molecule has 0 aromatic carbocycles. The van der Waals surface area contributed by atoms with Gasteiger partial charge < -0.3 is 14.6 Å². The first-order chi connectivity index (χ1) is 10.3. The van der Waals surface area contributed by atoms with Crippen molar-refractivity contribution in [3.05, 3.63) is 47.5 Å². The standard InChI is InChI=1S/C13H13ClN6O/c1-21-10-7-18-9(11(14)19-10)8-20-6-5-17-13(20)12-15-3-2-4-16-12/h2-3,5-7H,4,8H2,1H3,(H,15,16). The molecule has 2 aromatic rings. The van der Waals surface area contributed by atoms with E-state index in [1.165, 1.54) is 13.3 Å². The first-order valence-corrected chi connectivity index (χ1v) is 6.68. The van der Waals surface area contributed by atoms with Crippen molar-refractivity contribution in [3.63, 3.8) is 0 Å². The molecule has 1 aliphatic rings. The summed E-state index contributed by atoms with van der Waals surface area (Å²) in [7, 11) is 1.52. The maximum absolute atomic E-state index is 6.12. The van der Waals surface area contributed by atoms with Crippen LogP contribution in [0.25, 0.3) is 0 Å². The van der Waals surface area contributed by atoms with Gasteiger partial charge in [0.1, 0.15) is 0 Å². The van der Waals surface area contributed by atoms with E-state index in [1.54, 1.807) is 6.20 Å². The molecule has 1 N–H and O–H groups in total. The number of nitrogens with zero attached hydrogens (tertiary/aromatic N) is 5. The summed E-state index contributed by atoms with van der Waals surface area (Å²) in [6.07, 6.45) is 8.88. The summed E-state index contributed by atoms with van der Waals surface area (Å²) in [4.78, 5) is 17.1. The van der Waals surface area contributed by atoms with Crippen LogP contribution in [0.3, 0.4) is 0 Å². The Labute approximate surface area is 126 Å². The van der Waals surface area contributed by atoms with Crippen LogP contribution in [-0.2, 0) is 6.54 Å². The zero-order valence-corrected chi connectivity index (χ0v) is 12.1. The fourth-order valence-electron chi connectivity index (χ4n) is 1.91. The first kappa shape index (κ1) is 13.6. The number of halogens is 1. The average Bonchev–Trinajstić information content (AvgIpc) is 2.98. The Morgan fingerprint density at radius 2 is 2.33 bits per heavy atom. The number of rotatable bonds is 4. The van der Waals surface area contributed by atoms with Crippen molar-refractivity contribution < 1.29 is 4.74 Å². The zero-order chi connectivity index (χ0) is 14.7. The van der Waals surface area contributed by atoms with E-state index in [4.69, 9.17) is 16.3 Å². The molecule has 8 heteroatoms. The molecule has 7 nitrogen and oxygen atoms in total. The van der Waals surface area contributed by atoms with Gasteiger partial charge in [-0.1, -0.05) is 11.6 Å². The number of aliphatic imine (C=N–C) groups is 1. The van der Waals surface area contributed by atoms with Gasteiger partial charge in [-0.2, -0.15) is 4.98 Å². The van der Waals surface area contributed by atoms with Crippen molar-refractivity contribution >= 4 is 17.4 Å². The van der Waals surface area contributed by atoms with E-state index < -0.39 is 0 Å². The molecule has 0 fully saturated rings. The quantitative estimate of drug-likeness (QED) is 0.920. The van der Waals surface area contributed by atoms with Crippen LogP contribution in [-0.4, -0.2) is 39.0 Å². The number of nitrogens with one attached hydrogen (secondary N) is 1. The topological polar surface area (TPSA) is 77.2 Å². The van der Waals surface area contributed by atoms with Gasteiger partial charge in [-0.05, 0) is 6.08 Å². The fraction of sp³-hybridized carbons (Fsp3) is 0.231. The molecule has 2 aromatic heterocycles. The minimum Gasteiger partial charge on any atom is -0.480 e. The van der Waals surface area contributed by atoms with E-state index in [2.05, 4.69) is 25.3 Å². The van der Waals surface area contributed by atoms with Crippen LogP contribution in [0.4, 0.5) is 0 Å². The molecular weight excluding hydrogens is 292 g/mol. The van der Waals surface area contributed by atoms with E-state index in [9.17, 15) is 0 Å². The molecule has 0 bridgehead atoms. The summed E-state index contributed by atoms with van der Waals surface area (Å²) >= 11 is 6.12. The Morgan fingerprint density at radius 1 is 1.43 bits per heavy atom. The van der Waals surface area contributed by atoms with Crippen LogP contribution in [0, 0.1) is 0 Å². The maximum atomic E-state index is 6.12. The zero-order valence-electron chi connectivity index (χ0n) is 11.3. The number of imidazole rings is 1. The van der Waals surface area contributed by atoms with Gasteiger partial charge in [0.25, 0.3) is 0 Å². The molecule has 3 heterocycles. The Morgan fingerprint density at radius 3 is 3.05 bits per heavy atom. The van der Waals surface area contributed by atoms with Crippen molar-refractivity contribution in [3.8, 4) is 5.88 Å². The maximum Gasteiger partial charge on any atom is 0.233 e. The van der Waals surface area contributed by atoms with Crippen molar-refractivity contribution in [1.82, 2.24) is 24.8 Å². The van der Waals surface area contributed by atoms with Crippen molar-refractivity contribution in [2.24, 2.45) is 4.99 Å². The lowest BCUT2D eigenvalue weighted by atomic mass is 10.4. The predicted octanol–water partition coefficient (Wildman–Crippen LogP) is 1.25. The number of amidine groups is 1. The second-order valence-corrected chi connectivity index (χ2v) is 4.62. The van der Waals surface area contributed by atoms with Crippen LogP contribution < -0.4 is 10.1 Å². The lowest BCUT2D eigenvalue weighted by Crippen LogP contribution is -2.26. The summed E-state index contributed by atoms with van der Waals surface area (Å²) in [5.74, 6) is 1.84. The minimum absolute atomic E-state index is 0.312. The number of aromatic nitrogens is 4. The highest BCUT2D eigenvalue weighted by atomic mass is 35.5. The Hall–Kier alpha value is -2.41.